The summed E-state index contributed by atoms with van der Waals surface area (Å²) < 4.78 is 18.3. The minimum atomic E-state index is -1.62. The molecule has 8 unspecified atom stereocenters. The molecule has 0 aromatic carbocycles. The minimum absolute atomic E-state index is 0.0270. The van der Waals surface area contributed by atoms with Crippen LogP contribution < -0.4 is 0 Å². The van der Waals surface area contributed by atoms with Crippen molar-refractivity contribution in [2.75, 3.05) is 32.8 Å². The molecule has 0 aromatic heterocycles. The molecule has 0 radical (unpaired) electrons. The van der Waals surface area contributed by atoms with Gasteiger partial charge in [-0.3, -0.25) is 19.2 Å². The Morgan fingerprint density at radius 1 is 0.797 bits per heavy atom. The Balaban J connectivity index is 1.000. The zero-order chi connectivity index (χ0) is 46.2. The molecule has 10 nitrogen and oxygen atoms in total. The lowest BCUT2D eigenvalue weighted by molar-refractivity contribution is -0.171. The van der Waals surface area contributed by atoms with Crippen LogP contribution in [0.2, 0.25) is 0 Å². The molecule has 0 amide bonds. The summed E-state index contributed by atoms with van der Waals surface area (Å²) in [6, 6.07) is 0. The molecule has 1 aliphatic heterocycles. The van der Waals surface area contributed by atoms with Gasteiger partial charge >= 0.3 is 11.9 Å². The maximum Gasteiger partial charge on any atom is 0.306 e. The van der Waals surface area contributed by atoms with Crippen LogP contribution in [0.4, 0.5) is 0 Å². The number of hydrogen-bond donors (Lipinski definition) is 2. The van der Waals surface area contributed by atoms with E-state index in [4.69, 9.17) is 14.2 Å². The van der Waals surface area contributed by atoms with Crippen LogP contribution >= 0.6 is 0 Å². The number of ether oxygens (including phenoxy) is 3. The number of fused-ring (bicyclic) bond motifs is 3. The lowest BCUT2D eigenvalue weighted by Gasteiger charge is -2.55. The minimum Gasteiger partial charge on any atom is -0.462 e. The summed E-state index contributed by atoms with van der Waals surface area (Å²) in [4.78, 5) is 54.6. The Bertz CT molecular complexity index is 1560. The van der Waals surface area contributed by atoms with E-state index in [-0.39, 0.29) is 60.2 Å². The molecular weight excluding hydrogens is 807 g/mol. The zero-order valence-electron chi connectivity index (χ0n) is 40.9. The Kier molecular flexibility index (Phi) is 20.6. The van der Waals surface area contributed by atoms with Gasteiger partial charge < -0.3 is 29.3 Å². The van der Waals surface area contributed by atoms with Gasteiger partial charge in [0.25, 0.3) is 0 Å². The van der Waals surface area contributed by atoms with Crippen molar-refractivity contribution in [2.45, 2.75) is 231 Å². The summed E-state index contributed by atoms with van der Waals surface area (Å²) in [7, 11) is 0. The molecule has 4 aliphatic carbocycles. The molecule has 5 rings (SSSR count). The first-order chi connectivity index (χ1) is 30.8. The predicted molar refractivity (Wildman–Crippen MR) is 253 cm³/mol. The molecule has 1 saturated heterocycles. The molecule has 4 fully saturated rings. The summed E-state index contributed by atoms with van der Waals surface area (Å²) in [6.07, 6.45) is 31.7. The van der Waals surface area contributed by atoms with Crippen molar-refractivity contribution in [3.8, 4) is 0 Å². The van der Waals surface area contributed by atoms with Gasteiger partial charge in [0.15, 0.2) is 12.4 Å². The third-order valence-electron chi connectivity index (χ3n) is 16.7. The average Bonchev–Trinajstić information content (AvgIpc) is 3.96. The summed E-state index contributed by atoms with van der Waals surface area (Å²) in [5.41, 5.74) is -1.97. The zero-order valence-corrected chi connectivity index (χ0v) is 40.9. The topological polar surface area (TPSA) is 143 Å². The molecular formula is C54H89NO9. The molecule has 0 bridgehead atoms. The molecule has 8 atom stereocenters. The highest BCUT2D eigenvalue weighted by Gasteiger charge is 2.82. The number of ketones is 2. The maximum absolute atomic E-state index is 14.0. The van der Waals surface area contributed by atoms with E-state index in [0.29, 0.717) is 25.7 Å². The number of nitrogens with zero attached hydrogens (tertiary/aromatic N) is 1. The van der Waals surface area contributed by atoms with Gasteiger partial charge in [0.1, 0.15) is 17.3 Å². The van der Waals surface area contributed by atoms with Gasteiger partial charge in [-0.1, -0.05) is 110 Å². The van der Waals surface area contributed by atoms with Crippen LogP contribution in [0, 0.1) is 28.6 Å². The number of esters is 2. The van der Waals surface area contributed by atoms with Crippen LogP contribution in [0.5, 0.6) is 0 Å². The van der Waals surface area contributed by atoms with Gasteiger partial charge in [0.05, 0.1) is 6.10 Å². The van der Waals surface area contributed by atoms with Crippen molar-refractivity contribution in [2.24, 2.45) is 28.6 Å². The molecule has 10 heteroatoms. The molecule has 364 valence electrons. The fourth-order valence-corrected chi connectivity index (χ4v) is 12.9. The predicted octanol–water partition coefficient (Wildman–Crippen LogP) is 10.7. The number of rotatable bonds is 33. The lowest BCUT2D eigenvalue weighted by Crippen LogP contribution is -2.62. The number of epoxide rings is 1. The standard InChI is InChI=1S/C54H89NO9/c1-6-8-10-12-14-17-25-44(26-18-15-13-11-9-7-2)63-50(60)28-19-16-21-33-55(35-23-24-36-56)34-22-20-27-49(59)62-40-47(58)53(61)41(3)37-46-45-30-29-42-38-43(57)31-32-51(42,4)54(45)48(64-54)39-52(46,53)5/h31-32,38,41,44-46,48,56,61H,6-30,33-37,39-40H2,1-5H3. The summed E-state index contributed by atoms with van der Waals surface area (Å²) in [6.45, 7) is 13.0. The van der Waals surface area contributed by atoms with E-state index in [0.717, 1.165) is 102 Å². The SMILES string of the molecule is CCCCCCCCC(CCCCCCCC)OC(=O)CCCCCN(CCCCO)CCCCC(=O)OCC(=O)C1(O)C(C)CC2C3CCC4=CC(=O)C=CC4(C)C34OC4CC21C. The fraction of sp³-hybridized carbons (Fsp3) is 0.852. The third-order valence-corrected chi connectivity index (χ3v) is 16.7. The van der Waals surface area contributed by atoms with Crippen molar-refractivity contribution in [3.63, 3.8) is 0 Å². The van der Waals surface area contributed by atoms with Gasteiger partial charge in [0, 0.05) is 30.3 Å². The van der Waals surface area contributed by atoms with Crippen molar-refractivity contribution >= 4 is 23.5 Å². The number of carbonyl (C=O) groups excluding carboxylic acids is 4. The van der Waals surface area contributed by atoms with Gasteiger partial charge in [-0.25, -0.2) is 0 Å². The van der Waals surface area contributed by atoms with Crippen molar-refractivity contribution in [1.82, 2.24) is 4.90 Å². The van der Waals surface area contributed by atoms with E-state index in [1.165, 1.54) is 64.2 Å². The number of carbonyl (C=O) groups is 4. The largest absolute Gasteiger partial charge is 0.462 e. The number of aliphatic hydroxyl groups is 2. The first kappa shape index (κ1) is 52.6. The van der Waals surface area contributed by atoms with E-state index in [1.54, 1.807) is 12.2 Å². The first-order valence-electron chi connectivity index (χ1n) is 26.4. The second-order valence-corrected chi connectivity index (χ2v) is 21.1. The fourth-order valence-electron chi connectivity index (χ4n) is 12.9. The number of aliphatic hydroxyl groups excluding tert-OH is 1. The highest BCUT2D eigenvalue weighted by molar-refractivity contribution is 6.01. The molecule has 1 spiro atoms. The average molecular weight is 896 g/mol. The number of Topliss-reactive ketones (excluding diaryl/α,β-unsaturated/α-hetero) is 1. The van der Waals surface area contributed by atoms with Gasteiger partial charge in [-0.15, -0.1) is 0 Å². The van der Waals surface area contributed by atoms with Crippen LogP contribution in [0.25, 0.3) is 0 Å². The molecule has 1 heterocycles. The lowest BCUT2D eigenvalue weighted by atomic mass is 9.46. The van der Waals surface area contributed by atoms with Crippen LogP contribution in [0.15, 0.2) is 23.8 Å². The van der Waals surface area contributed by atoms with Crippen molar-refractivity contribution in [3.05, 3.63) is 23.8 Å². The molecule has 64 heavy (non-hydrogen) atoms. The molecule has 0 aromatic rings. The van der Waals surface area contributed by atoms with Crippen LogP contribution in [0.1, 0.15) is 208 Å². The van der Waals surface area contributed by atoms with Crippen LogP contribution in [-0.4, -0.2) is 94.9 Å². The van der Waals surface area contributed by atoms with E-state index in [2.05, 4.69) is 25.7 Å². The first-order valence-corrected chi connectivity index (χ1v) is 26.4. The monoisotopic (exact) mass is 896 g/mol. The van der Waals surface area contributed by atoms with Gasteiger partial charge in [-0.2, -0.15) is 0 Å². The maximum atomic E-state index is 14.0. The summed E-state index contributed by atoms with van der Waals surface area (Å²) in [5, 5.41) is 21.8. The third kappa shape index (κ3) is 12.6. The quantitative estimate of drug-likeness (QED) is 0.0371. The second-order valence-electron chi connectivity index (χ2n) is 21.1. The van der Waals surface area contributed by atoms with Gasteiger partial charge in [-0.05, 0) is 146 Å². The van der Waals surface area contributed by atoms with Crippen molar-refractivity contribution in [1.29, 1.82) is 0 Å². The van der Waals surface area contributed by atoms with Gasteiger partial charge in [0.2, 0.25) is 5.78 Å². The van der Waals surface area contributed by atoms with Crippen LogP contribution in [-0.2, 0) is 33.4 Å². The normalized spacial score (nSPS) is 30.1. The molecule has 3 saturated carbocycles. The highest BCUT2D eigenvalue weighted by atomic mass is 16.6. The van der Waals surface area contributed by atoms with E-state index < -0.39 is 35.0 Å². The summed E-state index contributed by atoms with van der Waals surface area (Å²) in [5.74, 6) is -0.914. The van der Waals surface area contributed by atoms with E-state index >= 15 is 0 Å². The number of hydrogen-bond acceptors (Lipinski definition) is 10. The van der Waals surface area contributed by atoms with E-state index in [1.807, 2.05) is 19.9 Å². The Labute approximate surface area is 387 Å². The van der Waals surface area contributed by atoms with Crippen molar-refractivity contribution < 1.29 is 43.6 Å². The number of allylic oxidation sites excluding steroid dienone is 2. The highest BCUT2D eigenvalue weighted by Crippen LogP contribution is 2.76. The second kappa shape index (κ2) is 25.1. The molecule has 5 aliphatic rings. The summed E-state index contributed by atoms with van der Waals surface area (Å²) >= 11 is 0. The van der Waals surface area contributed by atoms with E-state index in [9.17, 15) is 29.4 Å². The molecule has 2 N–H and O–H groups in total. The van der Waals surface area contributed by atoms with Crippen LogP contribution in [0.3, 0.4) is 0 Å². The smallest absolute Gasteiger partial charge is 0.306 e. The Hall–Kier alpha value is -2.40. The Morgan fingerprint density at radius 3 is 2.03 bits per heavy atom. The Morgan fingerprint density at radius 2 is 1.38 bits per heavy atom. The number of unbranched alkanes of at least 4 members (excludes halogenated alkanes) is 14.